The summed E-state index contributed by atoms with van der Waals surface area (Å²) >= 11 is 0. The molecule has 148 valence electrons. The van der Waals surface area contributed by atoms with Crippen LogP contribution in [0, 0.1) is 0 Å². The number of halogens is 2. The molecule has 0 spiro atoms. The molecule has 0 radical (unpaired) electrons. The second kappa shape index (κ2) is 10.6. The zero-order valence-corrected chi connectivity index (χ0v) is 14.9. The van der Waals surface area contributed by atoms with Crippen molar-refractivity contribution in [3.8, 4) is 5.75 Å². The van der Waals surface area contributed by atoms with Crippen LogP contribution in [-0.4, -0.2) is 36.2 Å². The summed E-state index contributed by atoms with van der Waals surface area (Å²) in [7, 11) is 0. The van der Waals surface area contributed by atoms with Gasteiger partial charge in [0.2, 0.25) is 5.91 Å². The second-order valence-corrected chi connectivity index (χ2v) is 6.36. The van der Waals surface area contributed by atoms with Crippen molar-refractivity contribution in [2.75, 3.05) is 11.9 Å². The Morgan fingerprint density at radius 2 is 1.93 bits per heavy atom. The molecule has 8 heteroatoms. The highest BCUT2D eigenvalue weighted by molar-refractivity contribution is 5.94. The van der Waals surface area contributed by atoms with E-state index in [0.29, 0.717) is 12.2 Å². The van der Waals surface area contributed by atoms with Gasteiger partial charge in [-0.2, -0.15) is 8.78 Å². The van der Waals surface area contributed by atoms with Crippen molar-refractivity contribution in [1.82, 2.24) is 5.32 Å². The summed E-state index contributed by atoms with van der Waals surface area (Å²) in [5.41, 5.74) is 1.70. The average molecular weight is 382 g/mol. The van der Waals surface area contributed by atoms with Crippen LogP contribution < -0.4 is 15.4 Å². The van der Waals surface area contributed by atoms with Gasteiger partial charge in [0.25, 0.3) is 0 Å². The average Bonchev–Trinajstić information content (AvgIpc) is 2.63. The molecule has 1 amide bonds. The number of hydrogen-bond donors (Lipinski definition) is 3. The predicted molar refractivity (Wildman–Crippen MR) is 96.9 cm³/mol. The topological polar surface area (TPSA) is 87.7 Å². The standard InChI is InChI=1S/C19H24F2N2O4/c20-19(21)27-15-8-6-14(7-9-15)23-17(24)12-16(18(25)26)22-11-10-13-4-2-1-3-5-13/h4,6-9,16,19,22H,1-3,5,10-12H2,(H,23,24)(H,25,26). The molecule has 1 aliphatic rings. The maximum Gasteiger partial charge on any atom is 0.387 e. The Kier molecular flexibility index (Phi) is 8.19. The van der Waals surface area contributed by atoms with Crippen LogP contribution in [0.25, 0.3) is 0 Å². The van der Waals surface area contributed by atoms with Gasteiger partial charge < -0.3 is 20.5 Å². The zero-order chi connectivity index (χ0) is 19.6. The highest BCUT2D eigenvalue weighted by atomic mass is 19.3. The number of carbonyl (C=O) groups is 2. The number of amides is 1. The van der Waals surface area contributed by atoms with E-state index in [1.807, 2.05) is 0 Å². The van der Waals surface area contributed by atoms with Gasteiger partial charge in [-0.05, 0) is 62.9 Å². The molecular weight excluding hydrogens is 358 g/mol. The smallest absolute Gasteiger partial charge is 0.387 e. The van der Waals surface area contributed by atoms with E-state index in [9.17, 15) is 23.5 Å². The number of carboxylic acid groups (broad SMARTS) is 1. The van der Waals surface area contributed by atoms with Crippen LogP contribution in [-0.2, 0) is 9.59 Å². The van der Waals surface area contributed by atoms with E-state index in [-0.39, 0.29) is 12.2 Å². The summed E-state index contributed by atoms with van der Waals surface area (Å²) in [6, 6.07) is 4.43. The molecule has 2 rings (SSSR count). The number of carbonyl (C=O) groups excluding carboxylic acids is 1. The van der Waals surface area contributed by atoms with Gasteiger partial charge in [-0.1, -0.05) is 11.6 Å². The first-order valence-electron chi connectivity index (χ1n) is 8.93. The molecule has 0 heterocycles. The number of anilines is 1. The molecule has 0 bridgehead atoms. The number of allylic oxidation sites excluding steroid dienone is 1. The molecule has 0 fully saturated rings. The van der Waals surface area contributed by atoms with E-state index < -0.39 is 24.5 Å². The molecule has 3 N–H and O–H groups in total. The van der Waals surface area contributed by atoms with Gasteiger partial charge in [0.05, 0.1) is 6.42 Å². The Balaban J connectivity index is 1.79. The van der Waals surface area contributed by atoms with E-state index in [1.54, 1.807) is 0 Å². The summed E-state index contributed by atoms with van der Waals surface area (Å²) in [6.07, 6.45) is 7.23. The molecule has 1 aromatic carbocycles. The Morgan fingerprint density at radius 1 is 1.19 bits per heavy atom. The van der Waals surface area contributed by atoms with Gasteiger partial charge >= 0.3 is 12.6 Å². The second-order valence-electron chi connectivity index (χ2n) is 6.36. The number of alkyl halides is 2. The highest BCUT2D eigenvalue weighted by Gasteiger charge is 2.21. The fourth-order valence-corrected chi connectivity index (χ4v) is 2.90. The fraction of sp³-hybridized carbons (Fsp3) is 0.474. The summed E-state index contributed by atoms with van der Waals surface area (Å²) in [4.78, 5) is 23.4. The third kappa shape index (κ3) is 7.74. The SMILES string of the molecule is O=C(CC(NCCC1=CCCCC1)C(=O)O)Nc1ccc(OC(F)F)cc1. The summed E-state index contributed by atoms with van der Waals surface area (Å²) in [5.74, 6) is -1.59. The predicted octanol–water partition coefficient (Wildman–Crippen LogP) is 3.55. The molecule has 0 aliphatic heterocycles. The van der Waals surface area contributed by atoms with E-state index in [1.165, 1.54) is 36.3 Å². The van der Waals surface area contributed by atoms with Gasteiger partial charge in [-0.15, -0.1) is 0 Å². The van der Waals surface area contributed by atoms with Crippen molar-refractivity contribution in [2.45, 2.75) is 51.2 Å². The quantitative estimate of drug-likeness (QED) is 0.539. The van der Waals surface area contributed by atoms with Crippen molar-refractivity contribution >= 4 is 17.6 Å². The first-order valence-corrected chi connectivity index (χ1v) is 8.93. The minimum Gasteiger partial charge on any atom is -0.480 e. The van der Waals surface area contributed by atoms with Crippen molar-refractivity contribution in [2.24, 2.45) is 0 Å². The molecule has 1 aliphatic carbocycles. The fourth-order valence-electron chi connectivity index (χ4n) is 2.90. The molecule has 0 saturated carbocycles. The summed E-state index contributed by atoms with van der Waals surface area (Å²) in [6.45, 7) is -2.42. The molecular formula is C19H24F2N2O4. The van der Waals surface area contributed by atoms with E-state index in [0.717, 1.165) is 25.7 Å². The Labute approximate surface area is 156 Å². The summed E-state index contributed by atoms with van der Waals surface area (Å²) in [5, 5.41) is 14.8. The van der Waals surface area contributed by atoms with Gasteiger partial charge in [0, 0.05) is 5.69 Å². The summed E-state index contributed by atoms with van der Waals surface area (Å²) < 4.78 is 28.5. The van der Waals surface area contributed by atoms with Crippen molar-refractivity contribution < 1.29 is 28.2 Å². The van der Waals surface area contributed by atoms with Crippen LogP contribution in [0.2, 0.25) is 0 Å². The Morgan fingerprint density at radius 3 is 2.52 bits per heavy atom. The van der Waals surface area contributed by atoms with Gasteiger partial charge in [0.1, 0.15) is 11.8 Å². The van der Waals surface area contributed by atoms with E-state index in [2.05, 4.69) is 21.4 Å². The third-order valence-electron chi connectivity index (χ3n) is 4.27. The molecule has 1 atom stereocenters. The first-order chi connectivity index (χ1) is 12.9. The number of rotatable bonds is 10. The third-order valence-corrected chi connectivity index (χ3v) is 4.27. The molecule has 1 aromatic rings. The van der Waals surface area contributed by atoms with Crippen molar-refractivity contribution in [3.05, 3.63) is 35.9 Å². The van der Waals surface area contributed by atoms with E-state index in [4.69, 9.17) is 0 Å². The zero-order valence-electron chi connectivity index (χ0n) is 14.9. The maximum absolute atomic E-state index is 12.1. The van der Waals surface area contributed by atoms with Crippen LogP contribution in [0.4, 0.5) is 14.5 Å². The lowest BCUT2D eigenvalue weighted by molar-refractivity contribution is -0.141. The van der Waals surface area contributed by atoms with Crippen LogP contribution in [0.5, 0.6) is 5.75 Å². The van der Waals surface area contributed by atoms with Crippen molar-refractivity contribution in [1.29, 1.82) is 0 Å². The minimum atomic E-state index is -2.92. The number of hydrogen-bond acceptors (Lipinski definition) is 4. The lowest BCUT2D eigenvalue weighted by Crippen LogP contribution is -2.40. The Bertz CT molecular complexity index is 662. The number of benzene rings is 1. The lowest BCUT2D eigenvalue weighted by Gasteiger charge is -2.17. The van der Waals surface area contributed by atoms with Crippen LogP contribution in [0.1, 0.15) is 38.5 Å². The van der Waals surface area contributed by atoms with Crippen LogP contribution in [0.3, 0.4) is 0 Å². The molecule has 0 aromatic heterocycles. The monoisotopic (exact) mass is 382 g/mol. The lowest BCUT2D eigenvalue weighted by atomic mass is 9.97. The van der Waals surface area contributed by atoms with Crippen molar-refractivity contribution in [3.63, 3.8) is 0 Å². The maximum atomic E-state index is 12.1. The highest BCUT2D eigenvalue weighted by Crippen LogP contribution is 2.20. The molecule has 0 saturated heterocycles. The normalized spacial score (nSPS) is 15.1. The molecule has 1 unspecified atom stereocenters. The van der Waals surface area contributed by atoms with Gasteiger partial charge in [0.15, 0.2) is 0 Å². The minimum absolute atomic E-state index is 0.0231. The van der Waals surface area contributed by atoms with Gasteiger partial charge in [-0.3, -0.25) is 9.59 Å². The number of nitrogens with one attached hydrogen (secondary N) is 2. The number of ether oxygens (including phenoxy) is 1. The number of carboxylic acids is 1. The van der Waals surface area contributed by atoms with Crippen LogP contribution >= 0.6 is 0 Å². The Hall–Kier alpha value is -2.48. The van der Waals surface area contributed by atoms with E-state index >= 15 is 0 Å². The van der Waals surface area contributed by atoms with Gasteiger partial charge in [-0.25, -0.2) is 0 Å². The molecule has 27 heavy (non-hydrogen) atoms. The largest absolute Gasteiger partial charge is 0.480 e. The first kappa shape index (κ1) is 20.8. The van der Waals surface area contributed by atoms with Crippen LogP contribution in [0.15, 0.2) is 35.9 Å². The molecule has 6 nitrogen and oxygen atoms in total. The number of aliphatic carboxylic acids is 1.